The van der Waals surface area contributed by atoms with Gasteiger partial charge in [0.15, 0.2) is 0 Å². The van der Waals surface area contributed by atoms with Crippen LogP contribution in [0.5, 0.6) is 0 Å². The summed E-state index contributed by atoms with van der Waals surface area (Å²) in [7, 11) is 0. The van der Waals surface area contributed by atoms with Crippen LogP contribution in [-0.2, 0) is 9.59 Å². The molecule has 92 valence electrons. The zero-order valence-corrected chi connectivity index (χ0v) is 9.74. The van der Waals surface area contributed by atoms with Gasteiger partial charge in [0.05, 0.1) is 0 Å². The quantitative estimate of drug-likeness (QED) is 0.710. The van der Waals surface area contributed by atoms with Crippen LogP contribution in [-0.4, -0.2) is 48.1 Å². The largest absolute Gasteiger partial charge is 0.481 e. The number of rotatable bonds is 5. The van der Waals surface area contributed by atoms with Crippen molar-refractivity contribution >= 4 is 11.9 Å². The van der Waals surface area contributed by atoms with E-state index in [1.807, 2.05) is 0 Å². The van der Waals surface area contributed by atoms with Gasteiger partial charge in [-0.25, -0.2) is 0 Å². The lowest BCUT2D eigenvalue weighted by Crippen LogP contribution is -2.39. The Morgan fingerprint density at radius 1 is 1.38 bits per heavy atom. The van der Waals surface area contributed by atoms with Crippen molar-refractivity contribution < 1.29 is 14.7 Å². The van der Waals surface area contributed by atoms with Gasteiger partial charge in [0.25, 0.3) is 0 Å². The van der Waals surface area contributed by atoms with E-state index in [1.54, 1.807) is 0 Å². The Balaban J connectivity index is 2.12. The molecule has 1 aliphatic heterocycles. The number of hydrogen-bond acceptors (Lipinski definition) is 3. The fourth-order valence-electron chi connectivity index (χ4n) is 2.05. The van der Waals surface area contributed by atoms with E-state index < -0.39 is 5.97 Å². The lowest BCUT2D eigenvalue weighted by molar-refractivity contribution is -0.138. The molecule has 2 N–H and O–H groups in total. The third kappa shape index (κ3) is 5.11. The Bertz CT molecular complexity index is 248. The van der Waals surface area contributed by atoms with Crippen molar-refractivity contribution in [3.05, 3.63) is 0 Å². The zero-order chi connectivity index (χ0) is 12.0. The summed E-state index contributed by atoms with van der Waals surface area (Å²) in [5.74, 6) is -0.369. The van der Waals surface area contributed by atoms with Gasteiger partial charge in [-0.15, -0.1) is 0 Å². The highest BCUT2D eigenvalue weighted by Crippen LogP contribution is 2.19. The van der Waals surface area contributed by atoms with Crippen LogP contribution in [0.15, 0.2) is 0 Å². The minimum atomic E-state index is -0.698. The van der Waals surface area contributed by atoms with Crippen LogP contribution < -0.4 is 5.32 Å². The lowest BCUT2D eigenvalue weighted by Gasteiger charge is -2.31. The Morgan fingerprint density at radius 2 is 2.00 bits per heavy atom. The Labute approximate surface area is 95.8 Å². The summed E-state index contributed by atoms with van der Waals surface area (Å²) in [5, 5.41) is 11.4. The van der Waals surface area contributed by atoms with Gasteiger partial charge in [0.2, 0.25) is 5.91 Å². The van der Waals surface area contributed by atoms with E-state index >= 15 is 0 Å². The number of piperidine rings is 1. The van der Waals surface area contributed by atoms with E-state index in [2.05, 4.69) is 10.2 Å². The fraction of sp³-hybridized carbons (Fsp3) is 0.818. The lowest BCUT2D eigenvalue weighted by atomic mass is 9.94. The van der Waals surface area contributed by atoms with Crippen LogP contribution in [0, 0.1) is 5.92 Å². The maximum absolute atomic E-state index is 10.7. The smallest absolute Gasteiger partial charge is 0.303 e. The molecule has 0 aromatic heterocycles. The first-order valence-electron chi connectivity index (χ1n) is 5.76. The van der Waals surface area contributed by atoms with Crippen LogP contribution in [0.25, 0.3) is 0 Å². The van der Waals surface area contributed by atoms with Crippen LogP contribution in [0.3, 0.4) is 0 Å². The second-order valence-electron chi connectivity index (χ2n) is 4.37. The summed E-state index contributed by atoms with van der Waals surface area (Å²) in [6.45, 7) is 4.94. The first kappa shape index (κ1) is 13.0. The summed E-state index contributed by atoms with van der Waals surface area (Å²) in [5.41, 5.74) is 0. The molecule has 1 saturated heterocycles. The van der Waals surface area contributed by atoms with Crippen molar-refractivity contribution in [1.82, 2.24) is 10.2 Å². The van der Waals surface area contributed by atoms with E-state index in [4.69, 9.17) is 5.11 Å². The normalized spacial score (nSPS) is 18.3. The van der Waals surface area contributed by atoms with Crippen molar-refractivity contribution in [2.75, 3.05) is 26.2 Å². The molecule has 1 fully saturated rings. The van der Waals surface area contributed by atoms with Crippen molar-refractivity contribution in [2.24, 2.45) is 5.92 Å². The van der Waals surface area contributed by atoms with Gasteiger partial charge >= 0.3 is 5.97 Å². The first-order chi connectivity index (χ1) is 7.58. The number of amides is 1. The molecule has 0 aliphatic carbocycles. The summed E-state index contributed by atoms with van der Waals surface area (Å²) in [4.78, 5) is 23.5. The average molecular weight is 228 g/mol. The van der Waals surface area contributed by atoms with E-state index in [1.165, 1.54) is 6.92 Å². The molecular weight excluding hydrogens is 208 g/mol. The van der Waals surface area contributed by atoms with Gasteiger partial charge in [0, 0.05) is 26.4 Å². The van der Waals surface area contributed by atoms with Crippen molar-refractivity contribution in [1.29, 1.82) is 0 Å². The SMILES string of the molecule is CC(=O)NCCN1CCC(CC(=O)O)CC1. The van der Waals surface area contributed by atoms with E-state index in [0.717, 1.165) is 32.5 Å². The minimum absolute atomic E-state index is 0.000707. The molecule has 1 aliphatic rings. The second-order valence-corrected chi connectivity index (χ2v) is 4.37. The number of nitrogens with one attached hydrogen (secondary N) is 1. The maximum atomic E-state index is 10.7. The monoisotopic (exact) mass is 228 g/mol. The number of carboxylic acids is 1. The number of hydrogen-bond donors (Lipinski definition) is 2. The highest BCUT2D eigenvalue weighted by molar-refractivity contribution is 5.72. The number of carboxylic acid groups (broad SMARTS) is 1. The van der Waals surface area contributed by atoms with E-state index in [9.17, 15) is 9.59 Å². The van der Waals surface area contributed by atoms with Gasteiger partial charge in [-0.05, 0) is 31.8 Å². The average Bonchev–Trinajstić information content (AvgIpc) is 2.19. The fourth-order valence-corrected chi connectivity index (χ4v) is 2.05. The molecule has 0 unspecified atom stereocenters. The molecule has 1 heterocycles. The van der Waals surface area contributed by atoms with Crippen LogP contribution in [0.2, 0.25) is 0 Å². The molecule has 0 bridgehead atoms. The minimum Gasteiger partial charge on any atom is -0.481 e. The number of carbonyl (C=O) groups is 2. The number of carbonyl (C=O) groups excluding carboxylic acids is 1. The van der Waals surface area contributed by atoms with Gasteiger partial charge in [-0.3, -0.25) is 9.59 Å². The molecule has 5 nitrogen and oxygen atoms in total. The zero-order valence-electron chi connectivity index (χ0n) is 9.74. The summed E-state index contributed by atoms with van der Waals surface area (Å²) in [6.07, 6.45) is 2.19. The molecule has 0 radical (unpaired) electrons. The van der Waals surface area contributed by atoms with Crippen LogP contribution in [0.4, 0.5) is 0 Å². The first-order valence-corrected chi connectivity index (χ1v) is 5.76. The van der Waals surface area contributed by atoms with Crippen molar-refractivity contribution in [2.45, 2.75) is 26.2 Å². The highest BCUT2D eigenvalue weighted by atomic mass is 16.4. The number of nitrogens with zero attached hydrogens (tertiary/aromatic N) is 1. The predicted octanol–water partition coefficient (Wildman–Crippen LogP) is 0.309. The number of aliphatic carboxylic acids is 1. The second kappa shape index (κ2) is 6.48. The van der Waals surface area contributed by atoms with Crippen LogP contribution in [0.1, 0.15) is 26.2 Å². The molecule has 0 aromatic rings. The summed E-state index contributed by atoms with van der Waals surface area (Å²) >= 11 is 0. The molecule has 16 heavy (non-hydrogen) atoms. The molecule has 0 spiro atoms. The summed E-state index contributed by atoms with van der Waals surface area (Å²) in [6, 6.07) is 0. The van der Waals surface area contributed by atoms with Crippen molar-refractivity contribution in [3.63, 3.8) is 0 Å². The molecular formula is C11H20N2O3. The molecule has 0 atom stereocenters. The third-order valence-corrected chi connectivity index (χ3v) is 2.97. The van der Waals surface area contributed by atoms with Crippen LogP contribution >= 0.6 is 0 Å². The third-order valence-electron chi connectivity index (χ3n) is 2.97. The standard InChI is InChI=1S/C11H20N2O3/c1-9(14)12-4-7-13-5-2-10(3-6-13)8-11(15)16/h10H,2-8H2,1H3,(H,12,14)(H,15,16). The van der Waals surface area contributed by atoms with E-state index in [0.29, 0.717) is 18.9 Å². The Kier molecular flexibility index (Phi) is 5.25. The topological polar surface area (TPSA) is 69.6 Å². The van der Waals surface area contributed by atoms with Gasteiger partial charge in [-0.1, -0.05) is 0 Å². The maximum Gasteiger partial charge on any atom is 0.303 e. The van der Waals surface area contributed by atoms with Gasteiger partial charge < -0.3 is 15.3 Å². The van der Waals surface area contributed by atoms with Gasteiger partial charge in [0.1, 0.15) is 0 Å². The number of likely N-dealkylation sites (tertiary alicyclic amines) is 1. The molecule has 0 aromatic carbocycles. The molecule has 0 saturated carbocycles. The molecule has 5 heteroatoms. The molecule has 1 rings (SSSR count). The highest BCUT2D eigenvalue weighted by Gasteiger charge is 2.20. The summed E-state index contributed by atoms with van der Waals surface area (Å²) < 4.78 is 0. The van der Waals surface area contributed by atoms with Gasteiger partial charge in [-0.2, -0.15) is 0 Å². The van der Waals surface area contributed by atoms with Crippen molar-refractivity contribution in [3.8, 4) is 0 Å². The Morgan fingerprint density at radius 3 is 2.50 bits per heavy atom. The van der Waals surface area contributed by atoms with E-state index in [-0.39, 0.29) is 5.91 Å². The molecule has 1 amide bonds. The Hall–Kier alpha value is -1.10. The predicted molar refractivity (Wildman–Crippen MR) is 60.1 cm³/mol.